The van der Waals surface area contributed by atoms with Crippen LogP contribution in [-0.4, -0.2) is 39.7 Å². The van der Waals surface area contributed by atoms with Crippen molar-refractivity contribution < 1.29 is 22.8 Å². The highest BCUT2D eigenvalue weighted by Crippen LogP contribution is 2.30. The number of sulfonamides is 1. The van der Waals surface area contributed by atoms with E-state index in [1.54, 1.807) is 30.3 Å². The van der Waals surface area contributed by atoms with Gasteiger partial charge in [0.25, 0.3) is 0 Å². The fourth-order valence-corrected chi connectivity index (χ4v) is 3.61. The number of para-hydroxylation sites is 1. The molecule has 1 heterocycles. The first-order valence-electron chi connectivity index (χ1n) is 7.90. The molecular weight excluding hydrogens is 360 g/mol. The molecule has 1 atom stereocenters. The Morgan fingerprint density at radius 1 is 1.27 bits per heavy atom. The van der Waals surface area contributed by atoms with E-state index in [0.29, 0.717) is 17.9 Å². The molecule has 0 radical (unpaired) electrons. The quantitative estimate of drug-likeness (QED) is 0.397. The van der Waals surface area contributed by atoms with Crippen LogP contribution < -0.4 is 9.04 Å². The van der Waals surface area contributed by atoms with Crippen molar-refractivity contribution in [3.05, 3.63) is 64.2 Å². The number of benzene rings is 2. The highest BCUT2D eigenvalue weighted by molar-refractivity contribution is 7.92. The van der Waals surface area contributed by atoms with Gasteiger partial charge in [-0.2, -0.15) is 0 Å². The predicted octanol–water partition coefficient (Wildman–Crippen LogP) is 2.34. The number of rotatable bonds is 8. The maximum Gasteiger partial charge on any atom is 0.311 e. The molecule has 0 N–H and O–H groups in total. The molecule has 26 heavy (non-hydrogen) atoms. The predicted molar refractivity (Wildman–Crippen MR) is 95.8 cm³/mol. The van der Waals surface area contributed by atoms with Crippen molar-refractivity contribution in [2.24, 2.45) is 0 Å². The third-order valence-electron chi connectivity index (χ3n) is 3.93. The molecule has 138 valence electrons. The molecule has 8 nitrogen and oxygen atoms in total. The number of epoxide rings is 1. The summed E-state index contributed by atoms with van der Waals surface area (Å²) in [5.74, 6) is -0.256. The molecule has 0 saturated carbocycles. The van der Waals surface area contributed by atoms with Crippen molar-refractivity contribution in [3.63, 3.8) is 0 Å². The molecule has 1 fully saturated rings. The third kappa shape index (κ3) is 4.30. The minimum Gasteiger partial charge on any atom is -0.484 e. The van der Waals surface area contributed by atoms with Gasteiger partial charge in [0, 0.05) is 13.1 Å². The first-order valence-corrected chi connectivity index (χ1v) is 9.51. The molecular formula is C17H18N2O6S. The molecule has 1 aliphatic heterocycles. The van der Waals surface area contributed by atoms with E-state index in [1.807, 2.05) is 0 Å². The van der Waals surface area contributed by atoms with Crippen LogP contribution in [0.3, 0.4) is 0 Å². The van der Waals surface area contributed by atoms with Gasteiger partial charge in [-0.1, -0.05) is 24.3 Å². The van der Waals surface area contributed by atoms with Crippen molar-refractivity contribution >= 4 is 21.4 Å². The van der Waals surface area contributed by atoms with E-state index < -0.39 is 14.9 Å². The van der Waals surface area contributed by atoms with Gasteiger partial charge in [-0.15, -0.1) is 0 Å². The van der Waals surface area contributed by atoms with E-state index in [1.165, 1.54) is 25.2 Å². The zero-order chi connectivity index (χ0) is 18.7. The second-order valence-corrected chi connectivity index (χ2v) is 7.89. The van der Waals surface area contributed by atoms with Crippen LogP contribution >= 0.6 is 0 Å². The van der Waals surface area contributed by atoms with E-state index in [2.05, 4.69) is 0 Å². The fraction of sp³-hybridized carbons (Fsp3) is 0.294. The summed E-state index contributed by atoms with van der Waals surface area (Å²) < 4.78 is 36.8. The van der Waals surface area contributed by atoms with Crippen molar-refractivity contribution in [1.29, 1.82) is 0 Å². The normalized spacial score (nSPS) is 16.1. The number of nitrogens with zero attached hydrogens (tertiary/aromatic N) is 2. The van der Waals surface area contributed by atoms with Gasteiger partial charge in [-0.3, -0.25) is 14.4 Å². The second-order valence-electron chi connectivity index (χ2n) is 5.88. The summed E-state index contributed by atoms with van der Waals surface area (Å²) >= 11 is 0. The lowest BCUT2D eigenvalue weighted by atomic mass is 10.2. The average Bonchev–Trinajstić information content (AvgIpc) is 3.44. The van der Waals surface area contributed by atoms with Gasteiger partial charge < -0.3 is 9.47 Å². The van der Waals surface area contributed by atoms with Gasteiger partial charge in [0.15, 0.2) is 5.75 Å². The lowest BCUT2D eigenvalue weighted by Gasteiger charge is -2.19. The zero-order valence-electron chi connectivity index (χ0n) is 14.1. The third-order valence-corrected chi connectivity index (χ3v) is 5.68. The van der Waals surface area contributed by atoms with E-state index in [-0.39, 0.29) is 29.9 Å². The van der Waals surface area contributed by atoms with Gasteiger partial charge in [0.05, 0.1) is 23.0 Å². The van der Waals surface area contributed by atoms with Crippen LogP contribution in [0.15, 0.2) is 48.5 Å². The Kier molecular flexibility index (Phi) is 5.10. The largest absolute Gasteiger partial charge is 0.484 e. The van der Waals surface area contributed by atoms with Crippen LogP contribution in [0.4, 0.5) is 11.4 Å². The van der Waals surface area contributed by atoms with Gasteiger partial charge >= 0.3 is 5.69 Å². The molecule has 0 bridgehead atoms. The molecule has 1 unspecified atom stereocenters. The molecule has 0 aliphatic carbocycles. The van der Waals surface area contributed by atoms with Gasteiger partial charge in [0.1, 0.15) is 12.7 Å². The fourth-order valence-electron chi connectivity index (χ4n) is 2.37. The van der Waals surface area contributed by atoms with Crippen LogP contribution in [-0.2, 0) is 20.5 Å². The molecule has 3 rings (SSSR count). The lowest BCUT2D eigenvalue weighted by molar-refractivity contribution is -0.385. The minimum atomic E-state index is -3.69. The number of hydrogen-bond acceptors (Lipinski definition) is 6. The summed E-state index contributed by atoms with van der Waals surface area (Å²) in [6, 6.07) is 12.8. The Balaban J connectivity index is 1.79. The second kappa shape index (κ2) is 7.30. The molecule has 9 heteroatoms. The summed E-state index contributed by atoms with van der Waals surface area (Å²) in [5, 5.41) is 11.3. The SMILES string of the molecule is CN(c1ccccc1)S(=O)(=O)Cc1ccc(OCC2CO2)c([N+](=O)[O-])c1. The Hall–Kier alpha value is -2.65. The van der Waals surface area contributed by atoms with Crippen molar-refractivity contribution in [3.8, 4) is 5.75 Å². The molecule has 1 saturated heterocycles. The Morgan fingerprint density at radius 2 is 1.96 bits per heavy atom. The monoisotopic (exact) mass is 378 g/mol. The van der Waals surface area contributed by atoms with E-state index in [0.717, 1.165) is 4.31 Å². The van der Waals surface area contributed by atoms with Crippen molar-refractivity contribution in [2.45, 2.75) is 11.9 Å². The average molecular weight is 378 g/mol. The highest BCUT2D eigenvalue weighted by Gasteiger charge is 2.26. The van der Waals surface area contributed by atoms with Crippen LogP contribution in [0.1, 0.15) is 5.56 Å². The smallest absolute Gasteiger partial charge is 0.311 e. The molecule has 0 spiro atoms. The van der Waals surface area contributed by atoms with Crippen LogP contribution in [0.25, 0.3) is 0 Å². The van der Waals surface area contributed by atoms with Crippen LogP contribution in [0, 0.1) is 10.1 Å². The standard InChI is InChI=1S/C17H18N2O6S/c1-18(14-5-3-2-4-6-14)26(22,23)12-13-7-8-17(16(9-13)19(20)21)25-11-15-10-24-15/h2-9,15H,10-12H2,1H3. The summed E-state index contributed by atoms with van der Waals surface area (Å²) in [6.45, 7) is 0.811. The molecule has 2 aromatic rings. The van der Waals surface area contributed by atoms with Gasteiger partial charge in [0.2, 0.25) is 10.0 Å². The maximum atomic E-state index is 12.6. The van der Waals surface area contributed by atoms with Crippen LogP contribution in [0.5, 0.6) is 5.75 Å². The van der Waals surface area contributed by atoms with E-state index >= 15 is 0 Å². The minimum absolute atomic E-state index is 0.0332. The molecule has 0 amide bonds. The number of nitro groups is 1. The molecule has 1 aliphatic rings. The van der Waals surface area contributed by atoms with Crippen molar-refractivity contribution in [1.82, 2.24) is 0 Å². The molecule has 2 aromatic carbocycles. The van der Waals surface area contributed by atoms with E-state index in [9.17, 15) is 18.5 Å². The van der Waals surface area contributed by atoms with Gasteiger partial charge in [-0.25, -0.2) is 8.42 Å². The molecule has 0 aromatic heterocycles. The first kappa shape index (κ1) is 18.2. The Morgan fingerprint density at radius 3 is 2.58 bits per heavy atom. The number of hydrogen-bond donors (Lipinski definition) is 0. The topological polar surface area (TPSA) is 102 Å². The number of ether oxygens (including phenoxy) is 2. The number of nitro benzene ring substituents is 1. The Bertz CT molecular complexity index is 897. The van der Waals surface area contributed by atoms with E-state index in [4.69, 9.17) is 9.47 Å². The van der Waals surface area contributed by atoms with Gasteiger partial charge in [-0.05, 0) is 23.8 Å². The highest BCUT2D eigenvalue weighted by atomic mass is 32.2. The summed E-state index contributed by atoms with van der Waals surface area (Å²) in [5.41, 5.74) is 0.571. The summed E-state index contributed by atoms with van der Waals surface area (Å²) in [4.78, 5) is 10.7. The maximum absolute atomic E-state index is 12.6. The first-order chi connectivity index (χ1) is 12.4. The zero-order valence-corrected chi connectivity index (χ0v) is 14.9. The van der Waals surface area contributed by atoms with Crippen molar-refractivity contribution in [2.75, 3.05) is 24.6 Å². The number of anilines is 1. The lowest BCUT2D eigenvalue weighted by Crippen LogP contribution is -2.27. The summed E-state index contributed by atoms with van der Waals surface area (Å²) in [7, 11) is -2.24. The van der Waals surface area contributed by atoms with Crippen LogP contribution in [0.2, 0.25) is 0 Å². The Labute approximate surface area is 151 Å². The summed E-state index contributed by atoms with van der Waals surface area (Å²) in [6.07, 6.45) is -0.0332.